The average Bonchev–Trinajstić information content (AvgIpc) is 3.17. The molecule has 2 unspecified atom stereocenters. The summed E-state index contributed by atoms with van der Waals surface area (Å²) in [7, 11) is -4.60. The van der Waals surface area contributed by atoms with Crippen molar-refractivity contribution in [3.05, 3.63) is 24.3 Å². The van der Waals surface area contributed by atoms with Crippen LogP contribution >= 0.6 is 0 Å². The molecule has 0 spiro atoms. The largest absolute Gasteiger partial charge is 0.462 e. The molecule has 0 amide bonds. The van der Waals surface area contributed by atoms with Gasteiger partial charge in [0.1, 0.15) is 36.8 Å². The van der Waals surface area contributed by atoms with Gasteiger partial charge in [-0.25, -0.2) is 0 Å². The first-order valence-electron chi connectivity index (χ1n) is 22.4. The van der Waals surface area contributed by atoms with Gasteiger partial charge in [0, 0.05) is 12.8 Å². The van der Waals surface area contributed by atoms with Crippen molar-refractivity contribution in [1.29, 1.82) is 0 Å². The molecule has 13 heteroatoms. The van der Waals surface area contributed by atoms with Crippen molar-refractivity contribution in [2.45, 2.75) is 224 Å². The SMILES string of the molecule is CCCCC/C=C/C/C=C/CCCCCCCCCCCC(=O)O[C@H](COC(=O)CCCCCCCCCCCC)CO[C@H]1O[C@H](CS(=O)(=O)O)[C@@H](O)C(O)C1O. The van der Waals surface area contributed by atoms with E-state index in [0.29, 0.717) is 12.8 Å². The summed E-state index contributed by atoms with van der Waals surface area (Å²) in [5.74, 6) is -1.98. The fraction of sp³-hybridized carbons (Fsp3) is 0.864. The molecule has 1 heterocycles. The summed E-state index contributed by atoms with van der Waals surface area (Å²) < 4.78 is 54.0. The lowest BCUT2D eigenvalue weighted by atomic mass is 10.00. The van der Waals surface area contributed by atoms with Crippen LogP contribution in [0.25, 0.3) is 0 Å². The molecule has 1 rings (SSSR count). The lowest BCUT2D eigenvalue weighted by Crippen LogP contribution is -2.60. The molecule has 0 saturated carbocycles. The Kier molecular flexibility index (Phi) is 32.6. The summed E-state index contributed by atoms with van der Waals surface area (Å²) >= 11 is 0. The minimum atomic E-state index is -4.60. The van der Waals surface area contributed by atoms with Gasteiger partial charge in [-0.2, -0.15) is 8.42 Å². The van der Waals surface area contributed by atoms with Gasteiger partial charge in [-0.3, -0.25) is 14.1 Å². The average molecular weight is 833 g/mol. The zero-order valence-corrected chi connectivity index (χ0v) is 36.3. The fourth-order valence-electron chi connectivity index (χ4n) is 6.77. The van der Waals surface area contributed by atoms with Crippen molar-refractivity contribution in [3.63, 3.8) is 0 Å². The zero-order valence-electron chi connectivity index (χ0n) is 35.4. The van der Waals surface area contributed by atoms with Crippen LogP contribution < -0.4 is 0 Å². The normalized spacial score (nSPS) is 20.7. The molecule has 0 aromatic carbocycles. The summed E-state index contributed by atoms with van der Waals surface area (Å²) in [5, 5.41) is 30.8. The second-order valence-corrected chi connectivity index (χ2v) is 17.2. The monoisotopic (exact) mass is 833 g/mol. The Morgan fingerprint density at radius 1 is 0.596 bits per heavy atom. The highest BCUT2D eigenvalue weighted by Crippen LogP contribution is 2.24. The van der Waals surface area contributed by atoms with E-state index in [9.17, 15) is 37.9 Å². The molecule has 0 aromatic rings. The maximum atomic E-state index is 12.8. The molecule has 4 N–H and O–H groups in total. The molecule has 0 radical (unpaired) electrons. The number of ether oxygens (including phenoxy) is 4. The first-order valence-corrected chi connectivity index (χ1v) is 24.0. The molecule has 1 fully saturated rings. The van der Waals surface area contributed by atoms with Gasteiger partial charge >= 0.3 is 11.9 Å². The minimum absolute atomic E-state index is 0.162. The van der Waals surface area contributed by atoms with Crippen LogP contribution in [-0.2, 0) is 38.7 Å². The molecule has 6 atom stereocenters. The summed E-state index contributed by atoms with van der Waals surface area (Å²) in [6.07, 6.45) is 28.0. The van der Waals surface area contributed by atoms with Crippen molar-refractivity contribution >= 4 is 22.1 Å². The summed E-state index contributed by atoms with van der Waals surface area (Å²) in [6.45, 7) is 3.71. The van der Waals surface area contributed by atoms with Crippen molar-refractivity contribution < 1.29 is 56.8 Å². The number of aliphatic hydroxyl groups is 3. The fourth-order valence-corrected chi connectivity index (χ4v) is 7.46. The van der Waals surface area contributed by atoms with Crippen LogP contribution in [0.2, 0.25) is 0 Å². The zero-order chi connectivity index (χ0) is 42.0. The predicted octanol–water partition coefficient (Wildman–Crippen LogP) is 8.84. The van der Waals surface area contributed by atoms with Crippen LogP contribution in [0.1, 0.15) is 187 Å². The van der Waals surface area contributed by atoms with Crippen molar-refractivity contribution in [3.8, 4) is 0 Å². The van der Waals surface area contributed by atoms with Gasteiger partial charge in [-0.05, 0) is 44.9 Å². The van der Waals surface area contributed by atoms with Gasteiger partial charge in [-0.15, -0.1) is 0 Å². The van der Waals surface area contributed by atoms with E-state index in [1.54, 1.807) is 0 Å². The molecule has 1 saturated heterocycles. The van der Waals surface area contributed by atoms with E-state index in [2.05, 4.69) is 38.2 Å². The van der Waals surface area contributed by atoms with Crippen LogP contribution in [0.5, 0.6) is 0 Å². The molecule has 12 nitrogen and oxygen atoms in total. The number of hydrogen-bond acceptors (Lipinski definition) is 11. The van der Waals surface area contributed by atoms with Gasteiger partial charge in [0.25, 0.3) is 10.1 Å². The van der Waals surface area contributed by atoms with Crippen molar-refractivity contribution in [2.75, 3.05) is 19.0 Å². The molecule has 0 aliphatic carbocycles. The highest BCUT2D eigenvalue weighted by Gasteiger charge is 2.46. The van der Waals surface area contributed by atoms with Crippen LogP contribution in [0.15, 0.2) is 24.3 Å². The lowest BCUT2D eigenvalue weighted by Gasteiger charge is -2.40. The molecule has 0 aromatic heterocycles. The van der Waals surface area contributed by atoms with Crippen LogP contribution in [0, 0.1) is 0 Å². The second kappa shape index (κ2) is 34.9. The van der Waals surface area contributed by atoms with Gasteiger partial charge in [0.05, 0.1) is 6.61 Å². The number of unbranched alkanes of at least 4 members (excludes halogenated alkanes) is 21. The number of hydrogen-bond donors (Lipinski definition) is 4. The first-order chi connectivity index (χ1) is 27.5. The van der Waals surface area contributed by atoms with Crippen molar-refractivity contribution in [2.24, 2.45) is 0 Å². The van der Waals surface area contributed by atoms with E-state index in [4.69, 9.17) is 18.9 Å². The highest BCUT2D eigenvalue weighted by atomic mass is 32.2. The number of carbonyl (C=O) groups is 2. The lowest BCUT2D eigenvalue weighted by molar-refractivity contribution is -0.297. The van der Waals surface area contributed by atoms with E-state index >= 15 is 0 Å². The third-order valence-corrected chi connectivity index (χ3v) is 11.0. The smallest absolute Gasteiger partial charge is 0.306 e. The van der Waals surface area contributed by atoms with Crippen LogP contribution in [0.3, 0.4) is 0 Å². The van der Waals surface area contributed by atoms with E-state index in [0.717, 1.165) is 51.4 Å². The molecule has 1 aliphatic rings. The first kappa shape index (κ1) is 53.1. The van der Waals surface area contributed by atoms with Gasteiger partial charge in [-0.1, -0.05) is 154 Å². The summed E-state index contributed by atoms with van der Waals surface area (Å²) in [6, 6.07) is 0. The van der Waals surface area contributed by atoms with Crippen LogP contribution in [0.4, 0.5) is 0 Å². The van der Waals surface area contributed by atoms with Crippen LogP contribution in [-0.4, -0.2) is 96.0 Å². The third kappa shape index (κ3) is 29.9. The van der Waals surface area contributed by atoms with E-state index < -0.39 is 71.2 Å². The number of carbonyl (C=O) groups excluding carboxylic acids is 2. The van der Waals surface area contributed by atoms with E-state index in [-0.39, 0.29) is 19.4 Å². The van der Waals surface area contributed by atoms with Crippen molar-refractivity contribution in [1.82, 2.24) is 0 Å². The maximum Gasteiger partial charge on any atom is 0.306 e. The topological polar surface area (TPSA) is 186 Å². The standard InChI is InChI=1S/C44H80O12S/c1-3-5-7-9-11-13-15-16-17-18-19-20-21-22-23-25-27-29-31-33-40(46)55-37(34-53-39(45)32-30-28-26-24-14-12-10-8-6-4-2)35-54-44-43(49)42(48)41(47)38(56-44)36-57(50,51)52/h11,13,16-17,37-38,41-44,47-49H,3-10,12,14-15,18-36H2,1-2H3,(H,50,51,52)/b13-11+,17-16+/t37-,38-,41-,42?,43?,44+/m1/s1. The second-order valence-electron chi connectivity index (χ2n) is 15.7. The molecule has 1 aliphatic heterocycles. The molecule has 0 bridgehead atoms. The Bertz CT molecular complexity index is 1160. The number of allylic oxidation sites excluding steroid dienone is 4. The Balaban J connectivity index is 2.42. The molecular formula is C44H80O12S. The third-order valence-electron chi connectivity index (χ3n) is 10.3. The highest BCUT2D eigenvalue weighted by molar-refractivity contribution is 7.85. The molecule has 334 valence electrons. The minimum Gasteiger partial charge on any atom is -0.462 e. The summed E-state index contributed by atoms with van der Waals surface area (Å²) in [4.78, 5) is 25.3. The Morgan fingerprint density at radius 3 is 1.58 bits per heavy atom. The Hall–Kier alpha value is -1.87. The Labute approximate surface area is 345 Å². The van der Waals surface area contributed by atoms with Gasteiger partial charge in [0.15, 0.2) is 12.4 Å². The Morgan fingerprint density at radius 2 is 1.05 bits per heavy atom. The van der Waals surface area contributed by atoms with Gasteiger partial charge < -0.3 is 34.3 Å². The summed E-state index contributed by atoms with van der Waals surface area (Å²) in [5.41, 5.74) is 0. The predicted molar refractivity (Wildman–Crippen MR) is 224 cm³/mol. The molecular weight excluding hydrogens is 753 g/mol. The number of aliphatic hydroxyl groups excluding tert-OH is 3. The number of rotatable bonds is 37. The number of esters is 2. The molecule has 57 heavy (non-hydrogen) atoms. The quantitative estimate of drug-likeness (QED) is 0.0202. The van der Waals surface area contributed by atoms with E-state index in [1.807, 2.05) is 0 Å². The van der Waals surface area contributed by atoms with Gasteiger partial charge in [0.2, 0.25) is 0 Å². The maximum absolute atomic E-state index is 12.8. The van der Waals surface area contributed by atoms with E-state index in [1.165, 1.54) is 96.3 Å².